The summed E-state index contributed by atoms with van der Waals surface area (Å²) in [5, 5.41) is 0.617. The van der Waals surface area contributed by atoms with Crippen LogP contribution in [0.25, 0.3) is 0 Å². The maximum absolute atomic E-state index is 13.3. The highest BCUT2D eigenvalue weighted by molar-refractivity contribution is 9.08. The second-order valence-corrected chi connectivity index (χ2v) is 3.62. The average molecular weight is 261 g/mol. The third kappa shape index (κ3) is 2.98. The molecule has 0 radical (unpaired) electrons. The van der Waals surface area contributed by atoms with Gasteiger partial charge in [-0.15, -0.1) is 0 Å². The first-order chi connectivity index (χ1) is 6.79. The van der Waals surface area contributed by atoms with Crippen LogP contribution in [0, 0.1) is 5.82 Å². The molecule has 1 aromatic rings. The average Bonchev–Trinajstić information content (AvgIpc) is 2.20. The Morgan fingerprint density at radius 1 is 1.43 bits per heavy atom. The zero-order valence-electron chi connectivity index (χ0n) is 8.22. The molecular formula is C11H14BrFO. The molecule has 0 bridgehead atoms. The number of hydrogen-bond acceptors (Lipinski definition) is 1. The van der Waals surface area contributed by atoms with Crippen LogP contribution in [0.5, 0.6) is 5.75 Å². The number of ether oxygens (including phenoxy) is 1. The first-order valence-corrected chi connectivity index (χ1v) is 5.88. The van der Waals surface area contributed by atoms with E-state index in [1.54, 1.807) is 6.07 Å². The van der Waals surface area contributed by atoms with E-state index in [1.165, 1.54) is 6.07 Å². The number of unbranched alkanes of at least 4 members (excludes halogenated alkanes) is 1. The predicted octanol–water partition coefficient (Wildman–Crippen LogP) is 3.90. The SMILES string of the molecule is CCCCOc1c(F)cccc1CBr. The van der Waals surface area contributed by atoms with Crippen LogP contribution in [0.15, 0.2) is 18.2 Å². The van der Waals surface area contributed by atoms with Crippen LogP contribution in [0.3, 0.4) is 0 Å². The zero-order chi connectivity index (χ0) is 10.4. The van der Waals surface area contributed by atoms with E-state index in [4.69, 9.17) is 4.74 Å². The van der Waals surface area contributed by atoms with Gasteiger partial charge in [-0.05, 0) is 12.5 Å². The molecule has 0 saturated heterocycles. The van der Waals surface area contributed by atoms with Crippen molar-refractivity contribution in [2.24, 2.45) is 0 Å². The molecule has 0 spiro atoms. The van der Waals surface area contributed by atoms with Gasteiger partial charge in [0.1, 0.15) is 0 Å². The van der Waals surface area contributed by atoms with Crippen LogP contribution in [0.2, 0.25) is 0 Å². The Labute approximate surface area is 92.4 Å². The Balaban J connectivity index is 2.72. The van der Waals surface area contributed by atoms with Crippen molar-refractivity contribution in [2.45, 2.75) is 25.1 Å². The quantitative estimate of drug-likeness (QED) is 0.577. The van der Waals surface area contributed by atoms with E-state index in [0.717, 1.165) is 18.4 Å². The van der Waals surface area contributed by atoms with Gasteiger partial charge in [-0.1, -0.05) is 41.4 Å². The first kappa shape index (κ1) is 11.5. The second kappa shape index (κ2) is 6.02. The van der Waals surface area contributed by atoms with Gasteiger partial charge in [0.2, 0.25) is 0 Å². The fraction of sp³-hybridized carbons (Fsp3) is 0.455. The van der Waals surface area contributed by atoms with Gasteiger partial charge in [0, 0.05) is 10.9 Å². The van der Waals surface area contributed by atoms with Crippen LogP contribution < -0.4 is 4.74 Å². The molecule has 0 saturated carbocycles. The summed E-state index contributed by atoms with van der Waals surface area (Å²) >= 11 is 3.30. The Kier molecular flexibility index (Phi) is 4.94. The molecule has 1 aromatic carbocycles. The number of hydrogen-bond donors (Lipinski definition) is 0. The maximum Gasteiger partial charge on any atom is 0.165 e. The summed E-state index contributed by atoms with van der Waals surface area (Å²) < 4.78 is 18.7. The van der Waals surface area contributed by atoms with Crippen molar-refractivity contribution < 1.29 is 9.13 Å². The lowest BCUT2D eigenvalue weighted by atomic mass is 10.2. The summed E-state index contributed by atoms with van der Waals surface area (Å²) in [6.07, 6.45) is 2.01. The van der Waals surface area contributed by atoms with E-state index in [2.05, 4.69) is 22.9 Å². The second-order valence-electron chi connectivity index (χ2n) is 3.06. The van der Waals surface area contributed by atoms with Gasteiger partial charge in [0.05, 0.1) is 6.61 Å². The van der Waals surface area contributed by atoms with E-state index in [9.17, 15) is 4.39 Å². The molecule has 0 atom stereocenters. The Bertz CT molecular complexity index is 289. The molecule has 0 N–H and O–H groups in total. The van der Waals surface area contributed by atoms with Crippen molar-refractivity contribution in [3.05, 3.63) is 29.6 Å². The Morgan fingerprint density at radius 2 is 2.21 bits per heavy atom. The maximum atomic E-state index is 13.3. The predicted molar refractivity (Wildman–Crippen MR) is 59.4 cm³/mol. The van der Waals surface area contributed by atoms with Gasteiger partial charge in [-0.2, -0.15) is 0 Å². The van der Waals surface area contributed by atoms with Crippen LogP contribution in [-0.2, 0) is 5.33 Å². The van der Waals surface area contributed by atoms with Crippen LogP contribution in [0.1, 0.15) is 25.3 Å². The van der Waals surface area contributed by atoms with Crippen LogP contribution in [0.4, 0.5) is 4.39 Å². The van der Waals surface area contributed by atoms with Gasteiger partial charge in [0.25, 0.3) is 0 Å². The number of halogens is 2. The lowest BCUT2D eigenvalue weighted by molar-refractivity contribution is 0.292. The summed E-state index contributed by atoms with van der Waals surface area (Å²) in [4.78, 5) is 0. The summed E-state index contributed by atoms with van der Waals surface area (Å²) in [6, 6.07) is 4.98. The zero-order valence-corrected chi connectivity index (χ0v) is 9.81. The smallest absolute Gasteiger partial charge is 0.165 e. The van der Waals surface area contributed by atoms with E-state index >= 15 is 0 Å². The van der Waals surface area contributed by atoms with Gasteiger partial charge in [-0.3, -0.25) is 0 Å². The first-order valence-electron chi connectivity index (χ1n) is 4.75. The normalized spacial score (nSPS) is 10.2. The lowest BCUT2D eigenvalue weighted by Crippen LogP contribution is -2.01. The monoisotopic (exact) mass is 260 g/mol. The van der Waals surface area contributed by atoms with Crippen molar-refractivity contribution in [3.63, 3.8) is 0 Å². The van der Waals surface area contributed by atoms with Gasteiger partial charge >= 0.3 is 0 Å². The van der Waals surface area contributed by atoms with Gasteiger partial charge < -0.3 is 4.74 Å². The van der Waals surface area contributed by atoms with E-state index in [1.807, 2.05) is 6.07 Å². The Morgan fingerprint density at radius 3 is 2.86 bits per heavy atom. The minimum Gasteiger partial charge on any atom is -0.490 e. The molecule has 0 aliphatic carbocycles. The highest BCUT2D eigenvalue weighted by atomic mass is 79.9. The molecule has 1 nitrogen and oxygen atoms in total. The van der Waals surface area contributed by atoms with Crippen molar-refractivity contribution in [1.82, 2.24) is 0 Å². The molecule has 0 amide bonds. The summed E-state index contributed by atoms with van der Waals surface area (Å²) in [6.45, 7) is 2.66. The summed E-state index contributed by atoms with van der Waals surface area (Å²) in [5.41, 5.74) is 0.862. The molecule has 0 heterocycles. The van der Waals surface area contributed by atoms with Crippen LogP contribution >= 0.6 is 15.9 Å². The number of benzene rings is 1. The molecule has 0 fully saturated rings. The van der Waals surface area contributed by atoms with Crippen molar-refractivity contribution in [1.29, 1.82) is 0 Å². The summed E-state index contributed by atoms with van der Waals surface area (Å²) in [5.74, 6) is 0.107. The van der Waals surface area contributed by atoms with E-state index in [-0.39, 0.29) is 5.82 Å². The highest BCUT2D eigenvalue weighted by Gasteiger charge is 2.07. The molecule has 0 aliphatic rings. The minimum atomic E-state index is -0.280. The standard InChI is InChI=1S/C11H14BrFO/c1-2-3-7-14-11-9(8-12)5-4-6-10(11)13/h4-6H,2-3,7-8H2,1H3. The number of alkyl halides is 1. The van der Waals surface area contributed by atoms with Crippen molar-refractivity contribution in [2.75, 3.05) is 6.61 Å². The molecule has 78 valence electrons. The molecule has 3 heteroatoms. The molecule has 1 rings (SSSR count). The molecule has 0 aromatic heterocycles. The summed E-state index contributed by atoms with van der Waals surface area (Å²) in [7, 11) is 0. The third-order valence-corrected chi connectivity index (χ3v) is 2.54. The lowest BCUT2D eigenvalue weighted by Gasteiger charge is -2.10. The fourth-order valence-electron chi connectivity index (χ4n) is 1.14. The number of para-hydroxylation sites is 1. The van der Waals surface area contributed by atoms with Gasteiger partial charge in [0.15, 0.2) is 11.6 Å². The van der Waals surface area contributed by atoms with E-state index < -0.39 is 0 Å². The topological polar surface area (TPSA) is 9.23 Å². The Hall–Kier alpha value is -0.570. The molecule has 0 unspecified atom stereocenters. The molecular weight excluding hydrogens is 247 g/mol. The van der Waals surface area contributed by atoms with E-state index in [0.29, 0.717) is 17.7 Å². The largest absolute Gasteiger partial charge is 0.490 e. The van der Waals surface area contributed by atoms with Crippen LogP contribution in [-0.4, -0.2) is 6.61 Å². The van der Waals surface area contributed by atoms with Gasteiger partial charge in [-0.25, -0.2) is 4.39 Å². The van der Waals surface area contributed by atoms with Crippen molar-refractivity contribution >= 4 is 15.9 Å². The number of rotatable bonds is 5. The minimum absolute atomic E-state index is 0.280. The molecule has 0 aliphatic heterocycles. The highest BCUT2D eigenvalue weighted by Crippen LogP contribution is 2.24. The van der Waals surface area contributed by atoms with Crippen molar-refractivity contribution in [3.8, 4) is 5.75 Å². The fourth-order valence-corrected chi connectivity index (χ4v) is 1.58. The third-order valence-electron chi connectivity index (χ3n) is 1.94. The molecule has 14 heavy (non-hydrogen) atoms.